The van der Waals surface area contributed by atoms with Crippen molar-refractivity contribution in [2.75, 3.05) is 5.88 Å². The molecule has 0 spiro atoms. The van der Waals surface area contributed by atoms with Crippen molar-refractivity contribution in [3.8, 4) is 0 Å². The third kappa shape index (κ3) is 3.15. The highest BCUT2D eigenvalue weighted by atomic mass is 35.5. The van der Waals surface area contributed by atoms with Gasteiger partial charge in [-0.15, -0.1) is 11.6 Å². The molecule has 2 rings (SSSR count). The molecule has 0 amide bonds. The summed E-state index contributed by atoms with van der Waals surface area (Å²) in [4.78, 5) is 0. The van der Waals surface area contributed by atoms with Crippen LogP contribution < -0.4 is 0 Å². The standard InChI is InChI=1S/C15H27Cl/c1-2-12-3-7-14(8-4-12)15-9-5-13(11-16)6-10-15/h12-15H,2-11H2,1H3/t12-,13?,14-,15?. The number of alkyl halides is 1. The quantitative estimate of drug-likeness (QED) is 0.593. The Morgan fingerprint density at radius 3 is 1.56 bits per heavy atom. The largest absolute Gasteiger partial charge is 0.126 e. The molecule has 2 saturated carbocycles. The minimum Gasteiger partial charge on any atom is -0.126 e. The van der Waals surface area contributed by atoms with Crippen LogP contribution >= 0.6 is 11.6 Å². The topological polar surface area (TPSA) is 0 Å². The van der Waals surface area contributed by atoms with Gasteiger partial charge in [0.2, 0.25) is 0 Å². The molecular weight excluding hydrogens is 216 g/mol. The van der Waals surface area contributed by atoms with E-state index in [2.05, 4.69) is 6.92 Å². The number of halogens is 1. The zero-order chi connectivity index (χ0) is 11.4. The van der Waals surface area contributed by atoms with E-state index < -0.39 is 0 Å². The fourth-order valence-electron chi connectivity index (χ4n) is 3.88. The van der Waals surface area contributed by atoms with Gasteiger partial charge in [-0.25, -0.2) is 0 Å². The van der Waals surface area contributed by atoms with Gasteiger partial charge in [0.05, 0.1) is 0 Å². The Bertz CT molecular complexity index is 164. The minimum absolute atomic E-state index is 0.838. The molecule has 0 radical (unpaired) electrons. The van der Waals surface area contributed by atoms with Crippen molar-refractivity contribution >= 4 is 11.6 Å². The van der Waals surface area contributed by atoms with E-state index in [1.807, 2.05) is 0 Å². The second-order valence-corrected chi connectivity index (χ2v) is 6.43. The first-order chi connectivity index (χ1) is 7.83. The van der Waals surface area contributed by atoms with Crippen molar-refractivity contribution in [1.29, 1.82) is 0 Å². The first kappa shape index (κ1) is 12.7. The summed E-state index contributed by atoms with van der Waals surface area (Å²) in [5, 5.41) is 0. The molecule has 2 aliphatic carbocycles. The maximum absolute atomic E-state index is 5.95. The van der Waals surface area contributed by atoms with Gasteiger partial charge in [0.15, 0.2) is 0 Å². The maximum Gasteiger partial charge on any atom is 0.0251 e. The lowest BCUT2D eigenvalue weighted by Gasteiger charge is -2.37. The molecule has 0 unspecified atom stereocenters. The molecule has 94 valence electrons. The SMILES string of the molecule is CC[C@H]1CC[C@H](C2CCC(CCl)CC2)CC1. The van der Waals surface area contributed by atoms with E-state index in [4.69, 9.17) is 11.6 Å². The lowest BCUT2D eigenvalue weighted by Crippen LogP contribution is -2.26. The molecule has 0 aromatic rings. The molecule has 0 heterocycles. The molecule has 0 saturated heterocycles. The van der Waals surface area contributed by atoms with Gasteiger partial charge in [-0.2, -0.15) is 0 Å². The van der Waals surface area contributed by atoms with E-state index in [9.17, 15) is 0 Å². The van der Waals surface area contributed by atoms with Crippen LogP contribution in [0.4, 0.5) is 0 Å². The van der Waals surface area contributed by atoms with Gasteiger partial charge < -0.3 is 0 Å². The van der Waals surface area contributed by atoms with Gasteiger partial charge in [0.25, 0.3) is 0 Å². The van der Waals surface area contributed by atoms with Crippen LogP contribution in [0.5, 0.6) is 0 Å². The average molecular weight is 243 g/mol. The van der Waals surface area contributed by atoms with E-state index in [1.165, 1.54) is 57.8 Å². The van der Waals surface area contributed by atoms with E-state index in [0.717, 1.165) is 29.6 Å². The van der Waals surface area contributed by atoms with E-state index >= 15 is 0 Å². The first-order valence-corrected chi connectivity index (χ1v) is 7.92. The summed E-state index contributed by atoms with van der Waals surface area (Å²) in [7, 11) is 0. The van der Waals surface area contributed by atoms with Gasteiger partial charge in [0.1, 0.15) is 0 Å². The number of hydrogen-bond donors (Lipinski definition) is 0. The number of hydrogen-bond acceptors (Lipinski definition) is 0. The Hall–Kier alpha value is 0.290. The van der Waals surface area contributed by atoms with Crippen LogP contribution in [0, 0.1) is 23.7 Å². The van der Waals surface area contributed by atoms with Gasteiger partial charge in [0, 0.05) is 5.88 Å². The van der Waals surface area contributed by atoms with Crippen molar-refractivity contribution in [3.05, 3.63) is 0 Å². The van der Waals surface area contributed by atoms with Crippen molar-refractivity contribution in [2.45, 2.75) is 64.7 Å². The monoisotopic (exact) mass is 242 g/mol. The molecular formula is C15H27Cl. The second kappa shape index (κ2) is 6.28. The second-order valence-electron chi connectivity index (χ2n) is 6.12. The van der Waals surface area contributed by atoms with Crippen LogP contribution in [0.25, 0.3) is 0 Å². The molecule has 0 N–H and O–H groups in total. The molecule has 0 aromatic carbocycles. The highest BCUT2D eigenvalue weighted by Gasteiger charge is 2.29. The molecule has 0 aromatic heterocycles. The van der Waals surface area contributed by atoms with Crippen molar-refractivity contribution in [1.82, 2.24) is 0 Å². The molecule has 16 heavy (non-hydrogen) atoms. The summed E-state index contributed by atoms with van der Waals surface area (Å²) < 4.78 is 0. The Morgan fingerprint density at radius 2 is 1.19 bits per heavy atom. The third-order valence-electron chi connectivity index (χ3n) is 5.25. The Morgan fingerprint density at radius 1 is 0.750 bits per heavy atom. The van der Waals surface area contributed by atoms with Crippen LogP contribution in [-0.2, 0) is 0 Å². The molecule has 0 atom stereocenters. The first-order valence-electron chi connectivity index (χ1n) is 7.39. The van der Waals surface area contributed by atoms with Gasteiger partial charge >= 0.3 is 0 Å². The average Bonchev–Trinajstić information content (AvgIpc) is 2.39. The molecule has 0 bridgehead atoms. The van der Waals surface area contributed by atoms with Crippen LogP contribution in [0.1, 0.15) is 64.7 Å². The highest BCUT2D eigenvalue weighted by Crippen LogP contribution is 2.41. The fraction of sp³-hybridized carbons (Fsp3) is 1.00. The van der Waals surface area contributed by atoms with Crippen molar-refractivity contribution in [2.24, 2.45) is 23.7 Å². The summed E-state index contributed by atoms with van der Waals surface area (Å²) in [6, 6.07) is 0. The summed E-state index contributed by atoms with van der Waals surface area (Å²) in [6.07, 6.45) is 13.2. The molecule has 2 fully saturated rings. The van der Waals surface area contributed by atoms with Crippen LogP contribution in [-0.4, -0.2) is 5.88 Å². The normalized spacial score (nSPS) is 40.9. The van der Waals surface area contributed by atoms with E-state index in [-0.39, 0.29) is 0 Å². The highest BCUT2D eigenvalue weighted by molar-refractivity contribution is 6.18. The molecule has 0 aliphatic heterocycles. The van der Waals surface area contributed by atoms with Crippen LogP contribution in [0.3, 0.4) is 0 Å². The summed E-state index contributed by atoms with van der Waals surface area (Å²) in [5.41, 5.74) is 0. The van der Waals surface area contributed by atoms with Crippen LogP contribution in [0.15, 0.2) is 0 Å². The fourth-order valence-corrected chi connectivity index (χ4v) is 4.19. The van der Waals surface area contributed by atoms with E-state index in [0.29, 0.717) is 0 Å². The van der Waals surface area contributed by atoms with Crippen molar-refractivity contribution in [3.63, 3.8) is 0 Å². The van der Waals surface area contributed by atoms with Gasteiger partial charge in [-0.05, 0) is 62.2 Å². The summed E-state index contributed by atoms with van der Waals surface area (Å²) in [5.74, 6) is 4.91. The molecule has 0 nitrogen and oxygen atoms in total. The van der Waals surface area contributed by atoms with E-state index in [1.54, 1.807) is 0 Å². The lowest BCUT2D eigenvalue weighted by molar-refractivity contribution is 0.150. The number of rotatable bonds is 3. The van der Waals surface area contributed by atoms with Gasteiger partial charge in [-0.3, -0.25) is 0 Å². The Labute approximate surface area is 106 Å². The predicted molar refractivity (Wildman–Crippen MR) is 71.9 cm³/mol. The lowest BCUT2D eigenvalue weighted by atomic mass is 9.69. The summed E-state index contributed by atoms with van der Waals surface area (Å²) in [6.45, 7) is 2.36. The third-order valence-corrected chi connectivity index (χ3v) is 5.68. The smallest absolute Gasteiger partial charge is 0.0251 e. The minimum atomic E-state index is 0.838. The van der Waals surface area contributed by atoms with Gasteiger partial charge in [-0.1, -0.05) is 26.2 Å². The zero-order valence-corrected chi connectivity index (χ0v) is 11.5. The maximum atomic E-state index is 5.95. The van der Waals surface area contributed by atoms with Crippen molar-refractivity contribution < 1.29 is 0 Å². The predicted octanol–water partition coefficient (Wildman–Crippen LogP) is 5.25. The molecule has 1 heteroatoms. The Kier molecular flexibility index (Phi) is 5.00. The zero-order valence-electron chi connectivity index (χ0n) is 10.8. The Balaban J connectivity index is 1.73. The molecule has 2 aliphatic rings. The summed E-state index contributed by atoms with van der Waals surface area (Å²) >= 11 is 5.95. The van der Waals surface area contributed by atoms with Crippen LogP contribution in [0.2, 0.25) is 0 Å².